The molecule has 1 aromatic carbocycles. The first-order chi connectivity index (χ1) is 10.1. The van der Waals surface area contributed by atoms with Crippen molar-refractivity contribution < 1.29 is 19.1 Å². The van der Waals surface area contributed by atoms with Gasteiger partial charge in [-0.2, -0.15) is 0 Å². The molecular weight excluding hydrogens is 294 g/mol. The average Bonchev–Trinajstić information content (AvgIpc) is 2.49. The topological polar surface area (TPSA) is 64.6 Å². The number of terminal acetylenes is 1. The number of hydrogen-bond acceptors (Lipinski definition) is 4. The Morgan fingerprint density at radius 2 is 2.29 bits per heavy atom. The van der Waals surface area contributed by atoms with Crippen LogP contribution in [0.4, 0.5) is 0 Å². The number of esters is 1. The van der Waals surface area contributed by atoms with Crippen molar-refractivity contribution in [2.75, 3.05) is 19.8 Å². The van der Waals surface area contributed by atoms with E-state index in [4.69, 9.17) is 27.5 Å². The maximum Gasteiger partial charge on any atom is 0.338 e. The lowest BCUT2D eigenvalue weighted by atomic mass is 10.1. The molecule has 0 radical (unpaired) electrons. The van der Waals surface area contributed by atoms with Crippen molar-refractivity contribution in [1.29, 1.82) is 0 Å². The highest BCUT2D eigenvalue weighted by Gasteiger charge is 2.19. The Morgan fingerprint density at radius 1 is 1.48 bits per heavy atom. The molecule has 0 unspecified atom stereocenters. The van der Waals surface area contributed by atoms with Crippen molar-refractivity contribution in [1.82, 2.24) is 5.32 Å². The van der Waals surface area contributed by atoms with Gasteiger partial charge in [0.05, 0.1) is 12.1 Å². The second kappa shape index (κ2) is 6.82. The smallest absolute Gasteiger partial charge is 0.338 e. The molecule has 0 spiro atoms. The Balaban J connectivity index is 1.98. The molecule has 1 aromatic rings. The Hall–Kier alpha value is -2.45. The first kappa shape index (κ1) is 14.9. The summed E-state index contributed by atoms with van der Waals surface area (Å²) in [6.45, 7) is -0.215. The minimum absolute atomic E-state index is 0.0828. The number of carbonyl (C=O) groups excluding carboxylic acids is 2. The fourth-order valence-corrected chi connectivity index (χ4v) is 1.87. The third-order valence-electron chi connectivity index (χ3n) is 2.67. The van der Waals surface area contributed by atoms with Gasteiger partial charge in [0.2, 0.25) is 0 Å². The molecule has 1 amide bonds. The molecule has 6 heteroatoms. The predicted octanol–water partition coefficient (Wildman–Crippen LogP) is 1.41. The summed E-state index contributed by atoms with van der Waals surface area (Å²) >= 11 is 5.89. The lowest BCUT2D eigenvalue weighted by Gasteiger charge is -2.17. The summed E-state index contributed by atoms with van der Waals surface area (Å²) in [6, 6.07) is 5.11. The van der Waals surface area contributed by atoms with Gasteiger partial charge in [-0.1, -0.05) is 17.5 Å². The number of carbonyl (C=O) groups is 2. The summed E-state index contributed by atoms with van der Waals surface area (Å²) in [7, 11) is 0. The zero-order chi connectivity index (χ0) is 15.2. The number of fused-ring (bicyclic) bond motifs is 1. The van der Waals surface area contributed by atoms with E-state index in [1.165, 1.54) is 0 Å². The van der Waals surface area contributed by atoms with Crippen molar-refractivity contribution in [2.24, 2.45) is 0 Å². The molecular formula is C15H12ClNO4. The van der Waals surface area contributed by atoms with Crippen LogP contribution < -0.4 is 10.1 Å². The molecule has 5 nitrogen and oxygen atoms in total. The Bertz CT molecular complexity index is 646. The molecule has 1 heterocycles. The van der Waals surface area contributed by atoms with Crippen LogP contribution in [0.25, 0.3) is 6.08 Å². The number of ether oxygens (including phenoxy) is 2. The monoisotopic (exact) mass is 305 g/mol. The van der Waals surface area contributed by atoms with Crippen LogP contribution in [0.2, 0.25) is 5.02 Å². The quantitative estimate of drug-likeness (QED) is 0.675. The highest BCUT2D eigenvalue weighted by Crippen LogP contribution is 2.29. The van der Waals surface area contributed by atoms with E-state index in [1.54, 1.807) is 24.3 Å². The summed E-state index contributed by atoms with van der Waals surface area (Å²) in [5.74, 6) is 1.82. The van der Waals surface area contributed by atoms with Crippen LogP contribution in [-0.4, -0.2) is 31.6 Å². The van der Waals surface area contributed by atoms with Gasteiger partial charge in [-0.3, -0.25) is 4.79 Å². The SMILES string of the molecule is C#CCNC(=O)COC(=O)C1=Cc2cc(Cl)ccc2OC1. The van der Waals surface area contributed by atoms with Crippen LogP contribution in [0.5, 0.6) is 5.75 Å². The lowest BCUT2D eigenvalue weighted by Crippen LogP contribution is -2.30. The fraction of sp³-hybridized carbons (Fsp3) is 0.200. The fourth-order valence-electron chi connectivity index (χ4n) is 1.69. The summed E-state index contributed by atoms with van der Waals surface area (Å²) in [5.41, 5.74) is 1.01. The van der Waals surface area contributed by atoms with Gasteiger partial charge in [-0.15, -0.1) is 6.42 Å². The van der Waals surface area contributed by atoms with E-state index < -0.39 is 11.9 Å². The van der Waals surface area contributed by atoms with Gasteiger partial charge < -0.3 is 14.8 Å². The second-order valence-corrected chi connectivity index (χ2v) is 4.63. The number of halogens is 1. The molecule has 21 heavy (non-hydrogen) atoms. The molecule has 0 saturated heterocycles. The molecule has 1 aliphatic rings. The summed E-state index contributed by atoms with van der Waals surface area (Å²) in [4.78, 5) is 23.1. The molecule has 0 atom stereocenters. The Labute approximate surface area is 126 Å². The van der Waals surface area contributed by atoms with Gasteiger partial charge in [0.15, 0.2) is 6.61 Å². The molecule has 1 aliphatic heterocycles. The van der Waals surface area contributed by atoms with Gasteiger partial charge in [-0.05, 0) is 24.3 Å². The Kier molecular flexibility index (Phi) is 4.85. The first-order valence-corrected chi connectivity index (χ1v) is 6.48. The van der Waals surface area contributed by atoms with Crippen molar-refractivity contribution in [2.45, 2.75) is 0 Å². The zero-order valence-corrected chi connectivity index (χ0v) is 11.8. The lowest BCUT2D eigenvalue weighted by molar-refractivity contribution is -0.145. The Morgan fingerprint density at radius 3 is 3.05 bits per heavy atom. The molecule has 0 saturated carbocycles. The summed E-state index contributed by atoms with van der Waals surface area (Å²) in [5, 5.41) is 2.93. The van der Waals surface area contributed by atoms with Gasteiger partial charge in [0.1, 0.15) is 12.4 Å². The molecule has 0 aliphatic carbocycles. The number of benzene rings is 1. The van der Waals surface area contributed by atoms with E-state index in [-0.39, 0.29) is 19.8 Å². The molecule has 1 N–H and O–H groups in total. The van der Waals surface area contributed by atoms with Crippen molar-refractivity contribution in [3.63, 3.8) is 0 Å². The van der Waals surface area contributed by atoms with E-state index in [2.05, 4.69) is 11.2 Å². The maximum atomic E-state index is 11.8. The van der Waals surface area contributed by atoms with Gasteiger partial charge >= 0.3 is 5.97 Å². The maximum absolute atomic E-state index is 11.8. The van der Waals surface area contributed by atoms with Gasteiger partial charge in [0.25, 0.3) is 5.91 Å². The van der Waals surface area contributed by atoms with E-state index in [0.29, 0.717) is 21.9 Å². The molecule has 0 bridgehead atoms. The summed E-state index contributed by atoms with van der Waals surface area (Å²) in [6.07, 6.45) is 6.63. The van der Waals surface area contributed by atoms with Crippen LogP contribution in [-0.2, 0) is 14.3 Å². The summed E-state index contributed by atoms with van der Waals surface area (Å²) < 4.78 is 10.3. The third kappa shape index (κ3) is 4.01. The van der Waals surface area contributed by atoms with Crippen molar-refractivity contribution in [3.8, 4) is 18.1 Å². The van der Waals surface area contributed by atoms with Crippen molar-refractivity contribution >= 4 is 29.6 Å². The molecule has 2 rings (SSSR count). The zero-order valence-electron chi connectivity index (χ0n) is 11.0. The van der Waals surface area contributed by atoms with Gasteiger partial charge in [-0.25, -0.2) is 4.79 Å². The number of hydrogen-bond donors (Lipinski definition) is 1. The molecule has 108 valence electrons. The number of amides is 1. The minimum Gasteiger partial charge on any atom is -0.488 e. The van der Waals surface area contributed by atoms with Crippen LogP contribution >= 0.6 is 11.6 Å². The highest BCUT2D eigenvalue weighted by molar-refractivity contribution is 6.30. The molecule has 0 aromatic heterocycles. The van der Waals surface area contributed by atoms with Crippen LogP contribution in [0.15, 0.2) is 23.8 Å². The normalized spacial score (nSPS) is 12.3. The standard InChI is InChI=1S/C15H12ClNO4/c1-2-5-17-14(18)9-21-15(19)11-6-10-7-12(16)3-4-13(10)20-8-11/h1,3-4,6-7H,5,8-9H2,(H,17,18). The minimum atomic E-state index is -0.614. The van der Waals surface area contributed by atoms with E-state index in [0.717, 1.165) is 0 Å². The second-order valence-electron chi connectivity index (χ2n) is 4.20. The van der Waals surface area contributed by atoms with E-state index in [1.807, 2.05) is 0 Å². The van der Waals surface area contributed by atoms with E-state index in [9.17, 15) is 9.59 Å². The molecule has 0 fully saturated rings. The first-order valence-electron chi connectivity index (χ1n) is 6.10. The number of nitrogens with one attached hydrogen (secondary N) is 1. The predicted molar refractivity (Wildman–Crippen MR) is 77.7 cm³/mol. The van der Waals surface area contributed by atoms with Gasteiger partial charge in [0, 0.05) is 10.6 Å². The largest absolute Gasteiger partial charge is 0.488 e. The highest BCUT2D eigenvalue weighted by atomic mass is 35.5. The third-order valence-corrected chi connectivity index (χ3v) is 2.90. The number of rotatable bonds is 4. The van der Waals surface area contributed by atoms with Crippen molar-refractivity contribution in [3.05, 3.63) is 34.4 Å². The van der Waals surface area contributed by atoms with Crippen LogP contribution in [0.1, 0.15) is 5.56 Å². The average molecular weight is 306 g/mol. The van der Waals surface area contributed by atoms with Crippen LogP contribution in [0, 0.1) is 12.3 Å². The van der Waals surface area contributed by atoms with Crippen LogP contribution in [0.3, 0.4) is 0 Å². The van der Waals surface area contributed by atoms with E-state index >= 15 is 0 Å².